The average Bonchev–Trinajstić information content (AvgIpc) is 2.66. The fourth-order valence-electron chi connectivity index (χ4n) is 2.88. The molecule has 1 aromatic rings. The van der Waals surface area contributed by atoms with Crippen molar-refractivity contribution >= 4 is 11.7 Å². The number of hydrogen-bond acceptors (Lipinski definition) is 5. The summed E-state index contributed by atoms with van der Waals surface area (Å²) < 4.78 is 11.4. The molecular weight excluding hydrogens is 344 g/mol. The third-order valence-corrected chi connectivity index (χ3v) is 4.05. The third kappa shape index (κ3) is 5.47. The smallest absolute Gasteiger partial charge is 0.318 e. The Bertz CT molecular complexity index is 777. The molecule has 0 radical (unpaired) electrons. The number of nitrogens with zero attached hydrogens (tertiary/aromatic N) is 1. The van der Waals surface area contributed by atoms with Crippen LogP contribution in [0.5, 0.6) is 0 Å². The monoisotopic (exact) mass is 368 g/mol. The van der Waals surface area contributed by atoms with E-state index in [0.717, 1.165) is 5.69 Å². The van der Waals surface area contributed by atoms with E-state index in [-0.39, 0.29) is 6.42 Å². The van der Waals surface area contributed by atoms with Crippen LogP contribution in [0.15, 0.2) is 66.1 Å². The summed E-state index contributed by atoms with van der Waals surface area (Å²) in [5, 5.41) is 22.0. The van der Waals surface area contributed by atoms with Crippen molar-refractivity contribution in [1.82, 2.24) is 0 Å². The summed E-state index contributed by atoms with van der Waals surface area (Å²) >= 11 is 0. The first-order chi connectivity index (χ1) is 13.0. The zero-order valence-corrected chi connectivity index (χ0v) is 15.5. The minimum atomic E-state index is -0.988. The number of aliphatic carboxylic acids is 1. The Hall–Kier alpha value is -3.04. The van der Waals surface area contributed by atoms with Crippen LogP contribution in [0.25, 0.3) is 0 Å². The van der Waals surface area contributed by atoms with Gasteiger partial charge >= 0.3 is 5.97 Å². The Labute approximate surface area is 159 Å². The fourth-order valence-corrected chi connectivity index (χ4v) is 2.88. The predicted octanol–water partition coefficient (Wildman–Crippen LogP) is 3.86. The number of hydrogen-bond donors (Lipinski definition) is 2. The molecule has 2 rings (SSSR count). The van der Waals surface area contributed by atoms with E-state index >= 15 is 0 Å². The maximum Gasteiger partial charge on any atom is 0.318 e. The first kappa shape index (κ1) is 20.3. The number of rotatable bonds is 9. The van der Waals surface area contributed by atoms with Crippen molar-refractivity contribution in [3.8, 4) is 6.07 Å². The highest BCUT2D eigenvalue weighted by atomic mass is 16.5. The number of carboxylic acid groups (broad SMARTS) is 1. The molecule has 2 unspecified atom stereocenters. The van der Waals surface area contributed by atoms with Crippen LogP contribution in [0.3, 0.4) is 0 Å². The quantitative estimate of drug-likeness (QED) is 0.508. The Kier molecular flexibility index (Phi) is 7.21. The Morgan fingerprint density at radius 1 is 1.33 bits per heavy atom. The van der Waals surface area contributed by atoms with Gasteiger partial charge in [-0.2, -0.15) is 5.26 Å². The molecule has 1 aromatic carbocycles. The van der Waals surface area contributed by atoms with Crippen molar-refractivity contribution < 1.29 is 19.4 Å². The van der Waals surface area contributed by atoms with Gasteiger partial charge in [-0.1, -0.05) is 30.4 Å². The van der Waals surface area contributed by atoms with Gasteiger partial charge in [-0.3, -0.25) is 4.79 Å². The van der Waals surface area contributed by atoms with Crippen molar-refractivity contribution in [2.45, 2.75) is 25.9 Å². The third-order valence-electron chi connectivity index (χ3n) is 4.05. The Balaban J connectivity index is 2.28. The molecule has 6 nitrogen and oxygen atoms in total. The maximum absolute atomic E-state index is 11.5. The van der Waals surface area contributed by atoms with Crippen molar-refractivity contribution in [2.75, 3.05) is 18.5 Å². The molecule has 2 atom stereocenters. The number of carbonyl (C=O) groups is 1. The molecule has 1 aliphatic rings. The molecule has 27 heavy (non-hydrogen) atoms. The largest absolute Gasteiger partial charge is 0.497 e. The van der Waals surface area contributed by atoms with Crippen LogP contribution in [0.2, 0.25) is 0 Å². The molecule has 0 fully saturated rings. The van der Waals surface area contributed by atoms with Crippen LogP contribution >= 0.6 is 0 Å². The highest BCUT2D eigenvalue weighted by molar-refractivity contribution is 5.76. The lowest BCUT2D eigenvalue weighted by atomic mass is 9.86. The molecule has 0 bridgehead atoms. The van der Waals surface area contributed by atoms with Gasteiger partial charge in [-0.15, -0.1) is 0 Å². The van der Waals surface area contributed by atoms with E-state index < -0.39 is 17.5 Å². The van der Waals surface area contributed by atoms with Crippen LogP contribution in [-0.4, -0.2) is 29.9 Å². The van der Waals surface area contributed by atoms with Gasteiger partial charge in [0.15, 0.2) is 0 Å². The first-order valence-corrected chi connectivity index (χ1v) is 8.86. The maximum atomic E-state index is 11.5. The molecule has 1 aliphatic carbocycles. The molecule has 6 heteroatoms. The van der Waals surface area contributed by atoms with Crippen LogP contribution in [0.4, 0.5) is 5.69 Å². The standard InChI is InChI=1S/C21H24N2O4/c1-3-26-19-13-21(27-4-2,11-10-18(19)20(24)25)12-16(14-22)15-23-17-8-6-5-7-9-17/h5-11,13,15,18,23H,3-4,12H2,1-2H3,(H,24,25)/b16-15-. The van der Waals surface area contributed by atoms with Crippen molar-refractivity contribution in [3.63, 3.8) is 0 Å². The highest BCUT2D eigenvalue weighted by Gasteiger charge is 2.35. The average molecular weight is 368 g/mol. The fraction of sp³-hybridized carbons (Fsp3) is 0.333. The van der Waals surface area contributed by atoms with Gasteiger partial charge < -0.3 is 19.9 Å². The van der Waals surface area contributed by atoms with E-state index in [2.05, 4.69) is 11.4 Å². The molecule has 0 saturated carbocycles. The summed E-state index contributed by atoms with van der Waals surface area (Å²) in [6.07, 6.45) is 6.83. The van der Waals surface area contributed by atoms with Gasteiger partial charge in [0.1, 0.15) is 17.3 Å². The van der Waals surface area contributed by atoms with Gasteiger partial charge in [-0.05, 0) is 32.1 Å². The second-order valence-corrected chi connectivity index (χ2v) is 6.01. The van der Waals surface area contributed by atoms with E-state index in [1.807, 2.05) is 37.3 Å². The van der Waals surface area contributed by atoms with E-state index in [1.54, 1.807) is 31.4 Å². The second kappa shape index (κ2) is 9.60. The number of nitriles is 1. The van der Waals surface area contributed by atoms with Gasteiger partial charge in [0.25, 0.3) is 0 Å². The number of benzene rings is 1. The minimum absolute atomic E-state index is 0.261. The lowest BCUT2D eigenvalue weighted by Gasteiger charge is -2.32. The molecule has 2 N–H and O–H groups in total. The number of anilines is 1. The van der Waals surface area contributed by atoms with Gasteiger partial charge in [0, 0.05) is 30.5 Å². The summed E-state index contributed by atoms with van der Waals surface area (Å²) in [4.78, 5) is 11.5. The molecular formula is C21H24N2O4. The molecule has 142 valence electrons. The van der Waals surface area contributed by atoms with Crippen LogP contribution in [0, 0.1) is 17.2 Å². The van der Waals surface area contributed by atoms with Gasteiger partial charge in [0.05, 0.1) is 12.7 Å². The highest BCUT2D eigenvalue weighted by Crippen LogP contribution is 2.33. The zero-order chi connectivity index (χ0) is 19.7. The van der Waals surface area contributed by atoms with E-state index in [1.165, 1.54) is 0 Å². The molecule has 0 aliphatic heterocycles. The van der Waals surface area contributed by atoms with E-state index in [0.29, 0.717) is 24.5 Å². The van der Waals surface area contributed by atoms with Crippen LogP contribution in [-0.2, 0) is 14.3 Å². The first-order valence-electron chi connectivity index (χ1n) is 8.86. The van der Waals surface area contributed by atoms with Crippen LogP contribution < -0.4 is 5.32 Å². The number of para-hydroxylation sites is 1. The molecule has 0 spiro atoms. The lowest BCUT2D eigenvalue weighted by Crippen LogP contribution is -2.34. The summed E-state index contributed by atoms with van der Waals surface area (Å²) in [7, 11) is 0. The zero-order valence-electron chi connectivity index (χ0n) is 15.5. The Morgan fingerprint density at radius 2 is 2.07 bits per heavy atom. The van der Waals surface area contributed by atoms with Crippen molar-refractivity contribution in [3.05, 3.63) is 66.1 Å². The topological polar surface area (TPSA) is 91.6 Å². The molecule has 0 aromatic heterocycles. The van der Waals surface area contributed by atoms with Crippen molar-refractivity contribution in [1.29, 1.82) is 5.26 Å². The number of nitrogens with one attached hydrogen (secondary N) is 1. The Morgan fingerprint density at radius 3 is 2.67 bits per heavy atom. The second-order valence-electron chi connectivity index (χ2n) is 6.01. The van der Waals surface area contributed by atoms with Crippen LogP contribution in [0.1, 0.15) is 20.3 Å². The number of ether oxygens (including phenoxy) is 2. The van der Waals surface area contributed by atoms with Gasteiger partial charge in [0.2, 0.25) is 0 Å². The van der Waals surface area contributed by atoms with Crippen molar-refractivity contribution in [2.24, 2.45) is 5.92 Å². The normalized spacial score (nSPS) is 21.9. The van der Waals surface area contributed by atoms with E-state index in [4.69, 9.17) is 9.47 Å². The SMILES string of the molecule is CCOC1=CC(C/C(C#N)=C/Nc2ccccc2)(OCC)C=CC1C(=O)O. The summed E-state index contributed by atoms with van der Waals surface area (Å²) in [5.74, 6) is -1.51. The lowest BCUT2D eigenvalue weighted by molar-refractivity contribution is -0.140. The predicted molar refractivity (Wildman–Crippen MR) is 103 cm³/mol. The molecule has 0 saturated heterocycles. The van der Waals surface area contributed by atoms with E-state index in [9.17, 15) is 15.2 Å². The van der Waals surface area contributed by atoms with Gasteiger partial charge in [-0.25, -0.2) is 0 Å². The summed E-state index contributed by atoms with van der Waals surface area (Å²) in [5.41, 5.74) is 0.412. The molecule has 0 amide bonds. The summed E-state index contributed by atoms with van der Waals surface area (Å²) in [6.45, 7) is 4.40. The minimum Gasteiger partial charge on any atom is -0.497 e. The molecule has 0 heterocycles. The number of carboxylic acids is 1. The summed E-state index contributed by atoms with van der Waals surface area (Å²) in [6, 6.07) is 11.7.